The summed E-state index contributed by atoms with van der Waals surface area (Å²) >= 11 is 0. The zero-order chi connectivity index (χ0) is 12.8. The molecule has 2 heteroatoms. The third-order valence-corrected chi connectivity index (χ3v) is 4.04. The third kappa shape index (κ3) is 4.11. The maximum absolute atomic E-state index is 10.0. The van der Waals surface area contributed by atoms with Crippen LogP contribution in [0.3, 0.4) is 0 Å². The zero-order valence-corrected chi connectivity index (χ0v) is 11.3. The predicted molar refractivity (Wildman–Crippen MR) is 75.4 cm³/mol. The molecule has 1 fully saturated rings. The van der Waals surface area contributed by atoms with Gasteiger partial charge < -0.3 is 10.4 Å². The summed E-state index contributed by atoms with van der Waals surface area (Å²) in [5.74, 6) is 0.758. The Morgan fingerprint density at radius 3 is 2.56 bits per heavy atom. The van der Waals surface area contributed by atoms with E-state index in [0.717, 1.165) is 12.3 Å². The molecule has 0 heterocycles. The van der Waals surface area contributed by atoms with Gasteiger partial charge >= 0.3 is 0 Å². The minimum atomic E-state index is -0.195. The van der Waals surface area contributed by atoms with Crippen LogP contribution in [-0.4, -0.2) is 17.8 Å². The average molecular weight is 247 g/mol. The number of benzene rings is 1. The van der Waals surface area contributed by atoms with Gasteiger partial charge in [-0.2, -0.15) is 0 Å². The molecule has 100 valence electrons. The van der Waals surface area contributed by atoms with Crippen molar-refractivity contribution in [3.05, 3.63) is 35.9 Å². The van der Waals surface area contributed by atoms with E-state index >= 15 is 0 Å². The highest BCUT2D eigenvalue weighted by Gasteiger charge is 2.19. The van der Waals surface area contributed by atoms with E-state index in [1.54, 1.807) is 0 Å². The summed E-state index contributed by atoms with van der Waals surface area (Å²) in [6, 6.07) is 10.7. The normalized spacial score (nSPS) is 19.9. The van der Waals surface area contributed by atoms with Crippen molar-refractivity contribution >= 4 is 0 Å². The lowest BCUT2D eigenvalue weighted by Gasteiger charge is -2.19. The molecule has 18 heavy (non-hydrogen) atoms. The van der Waals surface area contributed by atoms with Gasteiger partial charge in [-0.1, -0.05) is 56.0 Å². The van der Waals surface area contributed by atoms with Crippen LogP contribution in [0.5, 0.6) is 0 Å². The van der Waals surface area contributed by atoms with E-state index in [1.807, 2.05) is 6.07 Å². The quantitative estimate of drug-likeness (QED) is 0.808. The number of nitrogens with one attached hydrogen (secondary N) is 1. The molecule has 1 unspecified atom stereocenters. The summed E-state index contributed by atoms with van der Waals surface area (Å²) in [7, 11) is 0. The van der Waals surface area contributed by atoms with Gasteiger partial charge in [0.15, 0.2) is 0 Å². The van der Waals surface area contributed by atoms with Crippen LogP contribution in [0.2, 0.25) is 0 Å². The molecule has 0 bridgehead atoms. The molecule has 1 aromatic carbocycles. The summed E-state index contributed by atoms with van der Waals surface area (Å²) in [5, 5.41) is 13.5. The topological polar surface area (TPSA) is 32.3 Å². The van der Waals surface area contributed by atoms with Crippen molar-refractivity contribution in [2.75, 3.05) is 6.54 Å². The maximum atomic E-state index is 10.0. The van der Waals surface area contributed by atoms with Crippen molar-refractivity contribution in [3.63, 3.8) is 0 Å². The fourth-order valence-electron chi connectivity index (χ4n) is 2.89. The second-order valence-electron chi connectivity index (χ2n) is 5.58. The van der Waals surface area contributed by atoms with Crippen molar-refractivity contribution in [1.29, 1.82) is 0 Å². The van der Waals surface area contributed by atoms with Crippen LogP contribution in [-0.2, 0) is 0 Å². The fourth-order valence-corrected chi connectivity index (χ4v) is 2.89. The Balaban J connectivity index is 1.70. The van der Waals surface area contributed by atoms with Gasteiger partial charge in [-0.05, 0) is 24.8 Å². The Labute approximate surface area is 110 Å². The van der Waals surface area contributed by atoms with Gasteiger partial charge in [0.2, 0.25) is 0 Å². The van der Waals surface area contributed by atoms with E-state index in [4.69, 9.17) is 0 Å². The first kappa shape index (κ1) is 13.6. The van der Waals surface area contributed by atoms with E-state index in [0.29, 0.717) is 12.6 Å². The fraction of sp³-hybridized carbons (Fsp3) is 0.625. The van der Waals surface area contributed by atoms with Gasteiger partial charge in [0.1, 0.15) is 0 Å². The van der Waals surface area contributed by atoms with Crippen LogP contribution in [0.1, 0.15) is 50.6 Å². The predicted octanol–water partition coefficient (Wildman–Crippen LogP) is 3.28. The molecule has 0 saturated heterocycles. The Morgan fingerprint density at radius 1 is 1.22 bits per heavy atom. The molecular weight excluding hydrogens is 222 g/mol. The van der Waals surface area contributed by atoms with Crippen LogP contribution in [0.15, 0.2) is 30.3 Å². The molecular formula is C16H25NO. The molecule has 1 aliphatic rings. The Kier molecular flexibility index (Phi) is 5.21. The van der Waals surface area contributed by atoms with Crippen molar-refractivity contribution in [2.24, 2.45) is 5.92 Å². The highest BCUT2D eigenvalue weighted by molar-refractivity contribution is 5.17. The number of hydrogen-bond donors (Lipinski definition) is 2. The standard InChI is InChI=1S/C16H25NO/c1-13(15-9-3-2-4-10-15)17-12-16(18)11-14-7-5-6-8-14/h2-4,9-10,13-14,16-18H,5-8,11-12H2,1H3/t13-,16?/m0/s1. The van der Waals surface area contributed by atoms with Crippen LogP contribution >= 0.6 is 0 Å². The molecule has 2 rings (SSSR count). The summed E-state index contributed by atoms with van der Waals surface area (Å²) in [6.45, 7) is 2.85. The van der Waals surface area contributed by atoms with E-state index < -0.39 is 0 Å². The smallest absolute Gasteiger partial charge is 0.0667 e. The second-order valence-corrected chi connectivity index (χ2v) is 5.58. The summed E-state index contributed by atoms with van der Waals surface area (Å²) in [6.07, 6.45) is 6.10. The molecule has 2 nitrogen and oxygen atoms in total. The minimum absolute atomic E-state index is 0.195. The largest absolute Gasteiger partial charge is 0.392 e. The van der Waals surface area contributed by atoms with Crippen molar-refractivity contribution in [3.8, 4) is 0 Å². The zero-order valence-electron chi connectivity index (χ0n) is 11.3. The summed E-state index contributed by atoms with van der Waals surface area (Å²) < 4.78 is 0. The minimum Gasteiger partial charge on any atom is -0.392 e. The van der Waals surface area contributed by atoms with E-state index in [2.05, 4.69) is 36.5 Å². The first-order valence-electron chi connectivity index (χ1n) is 7.22. The van der Waals surface area contributed by atoms with E-state index in [1.165, 1.54) is 31.2 Å². The van der Waals surface area contributed by atoms with E-state index in [9.17, 15) is 5.11 Å². The van der Waals surface area contributed by atoms with Gasteiger partial charge in [-0.15, -0.1) is 0 Å². The molecule has 1 aromatic rings. The lowest BCUT2D eigenvalue weighted by molar-refractivity contribution is 0.137. The van der Waals surface area contributed by atoms with Crippen LogP contribution < -0.4 is 5.32 Å². The molecule has 0 aromatic heterocycles. The first-order valence-corrected chi connectivity index (χ1v) is 7.22. The number of aliphatic hydroxyl groups excluding tert-OH is 1. The Hall–Kier alpha value is -0.860. The second kappa shape index (κ2) is 6.91. The van der Waals surface area contributed by atoms with Crippen LogP contribution in [0, 0.1) is 5.92 Å². The van der Waals surface area contributed by atoms with Gasteiger partial charge in [-0.25, -0.2) is 0 Å². The monoisotopic (exact) mass is 247 g/mol. The molecule has 0 amide bonds. The summed E-state index contributed by atoms with van der Waals surface area (Å²) in [5.41, 5.74) is 1.28. The van der Waals surface area contributed by atoms with Gasteiger partial charge in [0.05, 0.1) is 6.10 Å². The first-order chi connectivity index (χ1) is 8.75. The van der Waals surface area contributed by atoms with Crippen molar-refractivity contribution < 1.29 is 5.11 Å². The van der Waals surface area contributed by atoms with Crippen LogP contribution in [0.25, 0.3) is 0 Å². The van der Waals surface area contributed by atoms with Crippen molar-refractivity contribution in [2.45, 2.75) is 51.2 Å². The molecule has 0 spiro atoms. The lowest BCUT2D eigenvalue weighted by atomic mass is 10.00. The SMILES string of the molecule is C[C@H](NCC(O)CC1CCCC1)c1ccccc1. The Morgan fingerprint density at radius 2 is 1.89 bits per heavy atom. The molecule has 0 aliphatic heterocycles. The molecule has 1 aliphatic carbocycles. The van der Waals surface area contributed by atoms with Gasteiger partial charge in [0, 0.05) is 12.6 Å². The van der Waals surface area contributed by atoms with Crippen LogP contribution in [0.4, 0.5) is 0 Å². The maximum Gasteiger partial charge on any atom is 0.0667 e. The third-order valence-electron chi connectivity index (χ3n) is 4.04. The highest BCUT2D eigenvalue weighted by atomic mass is 16.3. The average Bonchev–Trinajstić information content (AvgIpc) is 2.90. The van der Waals surface area contributed by atoms with E-state index in [-0.39, 0.29) is 6.10 Å². The van der Waals surface area contributed by atoms with Crippen molar-refractivity contribution in [1.82, 2.24) is 5.32 Å². The Bertz CT molecular complexity index is 332. The molecule has 0 radical (unpaired) electrons. The molecule has 1 saturated carbocycles. The van der Waals surface area contributed by atoms with Gasteiger partial charge in [-0.3, -0.25) is 0 Å². The molecule has 2 atom stereocenters. The lowest BCUT2D eigenvalue weighted by Crippen LogP contribution is -2.30. The summed E-state index contributed by atoms with van der Waals surface area (Å²) in [4.78, 5) is 0. The number of hydrogen-bond acceptors (Lipinski definition) is 2. The number of aliphatic hydroxyl groups is 1. The highest BCUT2D eigenvalue weighted by Crippen LogP contribution is 2.28. The van der Waals surface area contributed by atoms with Gasteiger partial charge in [0.25, 0.3) is 0 Å². The number of rotatable bonds is 6. The molecule has 2 N–H and O–H groups in total.